The van der Waals surface area contributed by atoms with Crippen molar-refractivity contribution >= 4 is 58.1 Å². The largest absolute Gasteiger partial charge is 0.550 e. The lowest BCUT2D eigenvalue weighted by atomic mass is 10.2. The second-order valence-electron chi connectivity index (χ2n) is 5.69. The van der Waals surface area contributed by atoms with Crippen LogP contribution in [0.15, 0.2) is 35.2 Å². The van der Waals surface area contributed by atoms with Crippen LogP contribution in [-0.4, -0.2) is 50.4 Å². The second kappa shape index (κ2) is 7.38. The molecule has 0 radical (unpaired) electrons. The fourth-order valence-electron chi connectivity index (χ4n) is 2.75. The number of hydrogen-bond acceptors (Lipinski definition) is 7. The number of imide groups is 1. The number of aliphatic carboxylic acids is 1. The molecule has 2 aliphatic heterocycles. The lowest BCUT2D eigenvalue weighted by molar-refractivity contribution is -0.305. The molecule has 0 bridgehead atoms. The molecule has 0 saturated carbocycles. The second-order valence-corrected chi connectivity index (χ2v) is 7.36. The number of hydrogen-bond donors (Lipinski definition) is 0. The number of carboxylic acids is 1. The molecule has 3 amide bonds. The lowest BCUT2D eigenvalue weighted by Crippen LogP contribution is -2.44. The van der Waals surface area contributed by atoms with Crippen LogP contribution >= 0.6 is 24.0 Å². The molecular formula is C17H13N2O5S2-. The van der Waals surface area contributed by atoms with Crippen LogP contribution in [0.2, 0.25) is 0 Å². The van der Waals surface area contributed by atoms with E-state index >= 15 is 0 Å². The van der Waals surface area contributed by atoms with Crippen molar-refractivity contribution in [2.75, 3.05) is 6.54 Å². The number of nitrogens with zero attached hydrogens (tertiary/aromatic N) is 2. The number of thioether (sulfide) groups is 1. The summed E-state index contributed by atoms with van der Waals surface area (Å²) in [4.78, 5) is 50.2. The first-order valence-electron chi connectivity index (χ1n) is 7.74. The fraction of sp³-hybridized carbons (Fsp3) is 0.235. The van der Waals surface area contributed by atoms with E-state index in [1.54, 1.807) is 6.08 Å². The Kier molecular flexibility index (Phi) is 5.19. The molecule has 2 fully saturated rings. The van der Waals surface area contributed by atoms with Crippen LogP contribution < -0.4 is 5.11 Å². The Balaban J connectivity index is 1.79. The van der Waals surface area contributed by atoms with E-state index in [-0.39, 0.29) is 17.3 Å². The van der Waals surface area contributed by atoms with E-state index in [4.69, 9.17) is 12.2 Å². The van der Waals surface area contributed by atoms with Gasteiger partial charge >= 0.3 is 0 Å². The van der Waals surface area contributed by atoms with Crippen LogP contribution in [-0.2, 0) is 19.2 Å². The number of carbonyl (C=O) groups is 4. The van der Waals surface area contributed by atoms with Gasteiger partial charge in [-0.05, 0) is 11.6 Å². The zero-order valence-corrected chi connectivity index (χ0v) is 15.0. The summed E-state index contributed by atoms with van der Waals surface area (Å²) in [5.74, 6) is -2.93. The molecule has 2 heterocycles. The number of amides is 3. The van der Waals surface area contributed by atoms with Crippen LogP contribution in [0.4, 0.5) is 0 Å². The topological polar surface area (TPSA) is 97.8 Å². The lowest BCUT2D eigenvalue weighted by Gasteiger charge is -2.21. The summed E-state index contributed by atoms with van der Waals surface area (Å²) in [6, 6.07) is 8.16. The molecule has 9 heteroatoms. The Morgan fingerprint density at radius 1 is 1.27 bits per heavy atom. The molecule has 2 aliphatic rings. The molecule has 0 unspecified atom stereocenters. The van der Waals surface area contributed by atoms with Gasteiger partial charge in [-0.1, -0.05) is 54.3 Å². The molecule has 0 aliphatic carbocycles. The van der Waals surface area contributed by atoms with E-state index in [0.29, 0.717) is 4.91 Å². The molecule has 3 rings (SSSR count). The standard InChI is InChI=1S/C17H14N2O5S2/c20-13-9-11(15(23)18(13)7-6-14(21)22)19-16(24)12(26-17(19)25)8-10-4-2-1-3-5-10/h1-5,8,11H,6-7,9H2,(H,21,22)/p-1/b12-8-/t11-/m1/s1. The van der Waals surface area contributed by atoms with Gasteiger partial charge < -0.3 is 9.90 Å². The summed E-state index contributed by atoms with van der Waals surface area (Å²) in [5.41, 5.74) is 0.817. The summed E-state index contributed by atoms with van der Waals surface area (Å²) in [6.45, 7) is -0.273. The number of benzene rings is 1. The van der Waals surface area contributed by atoms with Crippen molar-refractivity contribution in [3.8, 4) is 0 Å². The average molecular weight is 389 g/mol. The molecule has 134 valence electrons. The maximum atomic E-state index is 12.7. The van der Waals surface area contributed by atoms with E-state index < -0.39 is 36.2 Å². The molecule has 2 saturated heterocycles. The SMILES string of the molecule is O=C([O-])CCN1C(=O)C[C@@H](N2C(=O)/C(=C/c3ccccc3)SC2=S)C1=O. The summed E-state index contributed by atoms with van der Waals surface area (Å²) in [7, 11) is 0. The Morgan fingerprint density at radius 2 is 1.96 bits per heavy atom. The van der Waals surface area contributed by atoms with Crippen molar-refractivity contribution in [2.45, 2.75) is 18.9 Å². The summed E-state index contributed by atoms with van der Waals surface area (Å²) in [6.07, 6.45) is 1.02. The Bertz CT molecular complexity index is 837. The maximum absolute atomic E-state index is 12.7. The molecular weight excluding hydrogens is 376 g/mol. The first kappa shape index (κ1) is 18.3. The molecule has 0 aromatic heterocycles. The Morgan fingerprint density at radius 3 is 2.62 bits per heavy atom. The smallest absolute Gasteiger partial charge is 0.266 e. The highest BCUT2D eigenvalue weighted by atomic mass is 32.2. The van der Waals surface area contributed by atoms with Gasteiger partial charge in [0.15, 0.2) is 0 Å². The van der Waals surface area contributed by atoms with E-state index in [2.05, 4.69) is 0 Å². The van der Waals surface area contributed by atoms with Gasteiger partial charge in [0.25, 0.3) is 11.8 Å². The predicted octanol–water partition coefficient (Wildman–Crippen LogP) is 0.155. The highest BCUT2D eigenvalue weighted by Crippen LogP contribution is 2.36. The summed E-state index contributed by atoms with van der Waals surface area (Å²) in [5, 5.41) is 10.6. The van der Waals surface area contributed by atoms with Crippen molar-refractivity contribution in [1.82, 2.24) is 9.80 Å². The van der Waals surface area contributed by atoms with E-state index in [1.807, 2.05) is 30.3 Å². The molecule has 1 atom stereocenters. The van der Waals surface area contributed by atoms with Gasteiger partial charge in [0.2, 0.25) is 5.91 Å². The first-order chi connectivity index (χ1) is 12.4. The number of rotatable bonds is 5. The molecule has 7 nitrogen and oxygen atoms in total. The van der Waals surface area contributed by atoms with E-state index in [0.717, 1.165) is 27.1 Å². The van der Waals surface area contributed by atoms with Crippen molar-refractivity contribution in [2.24, 2.45) is 0 Å². The molecule has 26 heavy (non-hydrogen) atoms. The Hall–Kier alpha value is -2.52. The van der Waals surface area contributed by atoms with Gasteiger partial charge in [-0.25, -0.2) is 0 Å². The number of thiocarbonyl (C=S) groups is 1. The normalized spacial score (nSPS) is 22.0. The van der Waals surface area contributed by atoms with Crippen molar-refractivity contribution in [1.29, 1.82) is 0 Å². The minimum absolute atomic E-state index is 0.199. The summed E-state index contributed by atoms with van der Waals surface area (Å²) >= 11 is 6.29. The van der Waals surface area contributed by atoms with Gasteiger partial charge in [0, 0.05) is 18.9 Å². The molecule has 1 aromatic rings. The third kappa shape index (κ3) is 3.54. The maximum Gasteiger partial charge on any atom is 0.266 e. The van der Waals surface area contributed by atoms with Crippen molar-refractivity contribution in [3.63, 3.8) is 0 Å². The number of carbonyl (C=O) groups excluding carboxylic acids is 4. The monoisotopic (exact) mass is 389 g/mol. The highest BCUT2D eigenvalue weighted by Gasteiger charge is 2.48. The quantitative estimate of drug-likeness (QED) is 0.402. The minimum atomic E-state index is -1.36. The third-order valence-corrected chi connectivity index (χ3v) is 5.32. The zero-order chi connectivity index (χ0) is 18.8. The van der Waals surface area contributed by atoms with Crippen LogP contribution in [0.25, 0.3) is 6.08 Å². The van der Waals surface area contributed by atoms with Crippen LogP contribution in [0.1, 0.15) is 18.4 Å². The third-order valence-electron chi connectivity index (χ3n) is 3.99. The first-order valence-corrected chi connectivity index (χ1v) is 8.97. The van der Waals surface area contributed by atoms with Gasteiger partial charge in [0.05, 0.1) is 11.3 Å². The highest BCUT2D eigenvalue weighted by molar-refractivity contribution is 8.26. The molecule has 1 aromatic carbocycles. The number of likely N-dealkylation sites (tertiary alicyclic amines) is 1. The van der Waals surface area contributed by atoms with Gasteiger partial charge in [-0.2, -0.15) is 0 Å². The van der Waals surface area contributed by atoms with Crippen LogP contribution in [0.3, 0.4) is 0 Å². The average Bonchev–Trinajstić information content (AvgIpc) is 3.02. The van der Waals surface area contributed by atoms with Gasteiger partial charge in [-0.15, -0.1) is 0 Å². The van der Waals surface area contributed by atoms with Gasteiger partial charge in [-0.3, -0.25) is 24.2 Å². The van der Waals surface area contributed by atoms with Crippen molar-refractivity contribution in [3.05, 3.63) is 40.8 Å². The summed E-state index contributed by atoms with van der Waals surface area (Å²) < 4.78 is 0.199. The van der Waals surface area contributed by atoms with E-state index in [9.17, 15) is 24.3 Å². The zero-order valence-electron chi connectivity index (χ0n) is 13.4. The molecule has 0 spiro atoms. The fourth-order valence-corrected chi connectivity index (χ4v) is 4.11. The Labute approximate surface area is 158 Å². The van der Waals surface area contributed by atoms with Crippen molar-refractivity contribution < 1.29 is 24.3 Å². The number of carboxylic acid groups (broad SMARTS) is 1. The molecule has 0 N–H and O–H groups in total. The van der Waals surface area contributed by atoms with Crippen LogP contribution in [0.5, 0.6) is 0 Å². The van der Waals surface area contributed by atoms with Crippen LogP contribution in [0, 0.1) is 0 Å². The minimum Gasteiger partial charge on any atom is -0.550 e. The predicted molar refractivity (Wildman–Crippen MR) is 96.2 cm³/mol. The van der Waals surface area contributed by atoms with Gasteiger partial charge in [0.1, 0.15) is 10.4 Å². The van der Waals surface area contributed by atoms with E-state index in [1.165, 1.54) is 0 Å².